The van der Waals surface area contributed by atoms with Gasteiger partial charge in [0.25, 0.3) is 11.8 Å². The molecule has 24 heavy (non-hydrogen) atoms. The fourth-order valence-electron chi connectivity index (χ4n) is 2.71. The smallest absolute Gasteiger partial charge is 0.274 e. The van der Waals surface area contributed by atoms with Gasteiger partial charge >= 0.3 is 0 Å². The van der Waals surface area contributed by atoms with Crippen LogP contribution < -0.4 is 5.32 Å². The predicted molar refractivity (Wildman–Crippen MR) is 89.9 cm³/mol. The molecule has 1 saturated heterocycles. The number of carbonyl (C=O) groups excluding carboxylic acids is 2. The summed E-state index contributed by atoms with van der Waals surface area (Å²) in [6, 6.07) is 6.99. The highest BCUT2D eigenvalue weighted by Crippen LogP contribution is 2.17. The predicted octanol–water partition coefficient (Wildman–Crippen LogP) is 2.16. The molecule has 2 aromatic rings. The molecular weight excluding hydrogens is 328 g/mol. The second-order valence-corrected chi connectivity index (χ2v) is 6.02. The summed E-state index contributed by atoms with van der Waals surface area (Å²) in [5, 5.41) is 3.42. The number of halogens is 1. The summed E-state index contributed by atoms with van der Waals surface area (Å²) in [5.74, 6) is -0.307. The maximum Gasteiger partial charge on any atom is 0.274 e. The van der Waals surface area contributed by atoms with Crippen molar-refractivity contribution in [2.45, 2.75) is 18.9 Å². The van der Waals surface area contributed by atoms with E-state index in [0.717, 1.165) is 0 Å². The highest BCUT2D eigenvalue weighted by Gasteiger charge is 2.25. The number of aromatic nitrogens is 2. The van der Waals surface area contributed by atoms with Crippen LogP contribution in [0.25, 0.3) is 0 Å². The van der Waals surface area contributed by atoms with Gasteiger partial charge in [-0.1, -0.05) is 23.7 Å². The van der Waals surface area contributed by atoms with E-state index in [2.05, 4.69) is 15.3 Å². The molecule has 0 unspecified atom stereocenters. The van der Waals surface area contributed by atoms with Crippen LogP contribution in [0, 0.1) is 0 Å². The Kier molecular flexibility index (Phi) is 5.05. The third-order valence-corrected chi connectivity index (χ3v) is 4.35. The molecule has 0 aliphatic carbocycles. The van der Waals surface area contributed by atoms with Crippen molar-refractivity contribution in [2.24, 2.45) is 0 Å². The average molecular weight is 345 g/mol. The van der Waals surface area contributed by atoms with E-state index in [9.17, 15) is 9.59 Å². The molecule has 6 nitrogen and oxygen atoms in total. The molecule has 1 aliphatic heterocycles. The Bertz CT molecular complexity index is 730. The number of piperidine rings is 1. The number of rotatable bonds is 3. The Hall–Kier alpha value is -2.47. The summed E-state index contributed by atoms with van der Waals surface area (Å²) in [6.45, 7) is 1.14. The SMILES string of the molecule is O=C(NC1CCN(C(=O)c2cnccn2)CC1)c1ccccc1Cl. The lowest BCUT2D eigenvalue weighted by atomic mass is 10.0. The van der Waals surface area contributed by atoms with Crippen molar-refractivity contribution in [1.82, 2.24) is 20.2 Å². The quantitative estimate of drug-likeness (QED) is 0.925. The fraction of sp³-hybridized carbons (Fsp3) is 0.294. The molecule has 2 heterocycles. The fourth-order valence-corrected chi connectivity index (χ4v) is 2.93. The van der Waals surface area contributed by atoms with Crippen LogP contribution in [0.4, 0.5) is 0 Å². The highest BCUT2D eigenvalue weighted by atomic mass is 35.5. The van der Waals surface area contributed by atoms with Crippen molar-refractivity contribution in [1.29, 1.82) is 0 Å². The average Bonchev–Trinajstić information content (AvgIpc) is 2.63. The number of likely N-dealkylation sites (tertiary alicyclic amines) is 1. The summed E-state index contributed by atoms with van der Waals surface area (Å²) in [5.41, 5.74) is 0.813. The van der Waals surface area contributed by atoms with Gasteiger partial charge in [0.1, 0.15) is 5.69 Å². The van der Waals surface area contributed by atoms with Crippen LogP contribution in [0.2, 0.25) is 5.02 Å². The van der Waals surface area contributed by atoms with Gasteiger partial charge in [-0.3, -0.25) is 14.6 Å². The number of hydrogen-bond donors (Lipinski definition) is 1. The Morgan fingerprint density at radius 1 is 1.17 bits per heavy atom. The maximum atomic E-state index is 12.3. The molecule has 0 bridgehead atoms. The minimum Gasteiger partial charge on any atom is -0.349 e. The third-order valence-electron chi connectivity index (χ3n) is 4.02. The lowest BCUT2D eigenvalue weighted by molar-refractivity contribution is 0.0692. The van der Waals surface area contributed by atoms with Gasteiger partial charge < -0.3 is 10.2 Å². The van der Waals surface area contributed by atoms with Crippen molar-refractivity contribution in [3.8, 4) is 0 Å². The molecule has 1 aromatic heterocycles. The first-order valence-corrected chi connectivity index (χ1v) is 8.13. The topological polar surface area (TPSA) is 75.2 Å². The molecule has 0 radical (unpaired) electrons. The van der Waals surface area contributed by atoms with E-state index in [1.54, 1.807) is 29.2 Å². The van der Waals surface area contributed by atoms with Gasteiger partial charge in [-0.05, 0) is 25.0 Å². The van der Waals surface area contributed by atoms with Crippen LogP contribution in [-0.4, -0.2) is 45.8 Å². The second-order valence-electron chi connectivity index (χ2n) is 5.61. The number of benzene rings is 1. The Morgan fingerprint density at radius 3 is 2.58 bits per heavy atom. The van der Waals surface area contributed by atoms with E-state index >= 15 is 0 Å². The van der Waals surface area contributed by atoms with Gasteiger partial charge in [-0.15, -0.1) is 0 Å². The van der Waals surface area contributed by atoms with Gasteiger partial charge in [-0.25, -0.2) is 4.98 Å². The first-order valence-electron chi connectivity index (χ1n) is 7.76. The molecule has 1 aromatic carbocycles. The molecule has 7 heteroatoms. The normalized spacial score (nSPS) is 15.1. The first-order chi connectivity index (χ1) is 11.6. The zero-order valence-electron chi connectivity index (χ0n) is 13.0. The molecule has 0 saturated carbocycles. The molecule has 3 rings (SSSR count). The van der Waals surface area contributed by atoms with E-state index in [-0.39, 0.29) is 17.9 Å². The summed E-state index contributed by atoms with van der Waals surface area (Å²) in [6.07, 6.45) is 5.90. The zero-order valence-corrected chi connectivity index (χ0v) is 13.7. The monoisotopic (exact) mass is 344 g/mol. The number of nitrogens with one attached hydrogen (secondary N) is 1. The highest BCUT2D eigenvalue weighted by molar-refractivity contribution is 6.33. The number of amides is 2. The number of carbonyl (C=O) groups is 2. The molecule has 1 aliphatic rings. The van der Waals surface area contributed by atoms with Crippen molar-refractivity contribution < 1.29 is 9.59 Å². The van der Waals surface area contributed by atoms with Crippen LogP contribution in [-0.2, 0) is 0 Å². The van der Waals surface area contributed by atoms with Crippen molar-refractivity contribution in [2.75, 3.05) is 13.1 Å². The molecular formula is C17H17ClN4O2. The van der Waals surface area contributed by atoms with Gasteiger partial charge in [0.2, 0.25) is 0 Å². The summed E-state index contributed by atoms with van der Waals surface area (Å²) < 4.78 is 0. The van der Waals surface area contributed by atoms with Gasteiger partial charge in [0.15, 0.2) is 0 Å². The van der Waals surface area contributed by atoms with Gasteiger partial charge in [0.05, 0.1) is 16.8 Å². The van der Waals surface area contributed by atoms with Crippen LogP contribution in [0.5, 0.6) is 0 Å². The number of hydrogen-bond acceptors (Lipinski definition) is 4. The van der Waals surface area contributed by atoms with Crippen molar-refractivity contribution in [3.05, 3.63) is 59.1 Å². The Labute approximate surface area is 144 Å². The zero-order chi connectivity index (χ0) is 16.9. The molecule has 0 atom stereocenters. The first kappa shape index (κ1) is 16.4. The van der Waals surface area contributed by atoms with Crippen LogP contribution >= 0.6 is 11.6 Å². The second kappa shape index (κ2) is 7.40. The molecule has 1 fully saturated rings. The van der Waals surface area contributed by atoms with E-state index < -0.39 is 0 Å². The van der Waals surface area contributed by atoms with E-state index in [4.69, 9.17) is 11.6 Å². The maximum absolute atomic E-state index is 12.3. The van der Waals surface area contributed by atoms with E-state index in [1.807, 2.05) is 0 Å². The summed E-state index contributed by atoms with van der Waals surface area (Å²) in [4.78, 5) is 34.3. The van der Waals surface area contributed by atoms with Crippen molar-refractivity contribution >= 4 is 23.4 Å². The Morgan fingerprint density at radius 2 is 1.92 bits per heavy atom. The molecule has 2 amide bonds. The van der Waals surface area contributed by atoms with Crippen molar-refractivity contribution in [3.63, 3.8) is 0 Å². The van der Waals surface area contributed by atoms with Crippen LogP contribution in [0.1, 0.15) is 33.7 Å². The lowest BCUT2D eigenvalue weighted by Gasteiger charge is -2.32. The van der Waals surface area contributed by atoms with Crippen LogP contribution in [0.15, 0.2) is 42.9 Å². The molecule has 1 N–H and O–H groups in total. The van der Waals surface area contributed by atoms with Crippen LogP contribution in [0.3, 0.4) is 0 Å². The Balaban J connectivity index is 1.55. The lowest BCUT2D eigenvalue weighted by Crippen LogP contribution is -2.46. The standard InChI is InChI=1S/C17H17ClN4O2/c18-14-4-2-1-3-13(14)16(23)21-12-5-9-22(10-6-12)17(24)15-11-19-7-8-20-15/h1-4,7-8,11-12H,5-6,9-10H2,(H,21,23). The van der Waals surface area contributed by atoms with Gasteiger partial charge in [0, 0.05) is 31.5 Å². The van der Waals surface area contributed by atoms with E-state index in [0.29, 0.717) is 42.2 Å². The third kappa shape index (κ3) is 3.71. The molecule has 0 spiro atoms. The minimum absolute atomic E-state index is 0.0275. The largest absolute Gasteiger partial charge is 0.349 e. The van der Waals surface area contributed by atoms with Gasteiger partial charge in [-0.2, -0.15) is 0 Å². The summed E-state index contributed by atoms with van der Waals surface area (Å²) >= 11 is 6.04. The van der Waals surface area contributed by atoms with E-state index in [1.165, 1.54) is 18.6 Å². The minimum atomic E-state index is -0.181. The number of nitrogens with zero attached hydrogens (tertiary/aromatic N) is 3. The summed E-state index contributed by atoms with van der Waals surface area (Å²) in [7, 11) is 0. The molecule has 124 valence electrons.